The number of ketones is 1. The molecule has 0 aliphatic rings. The maximum absolute atomic E-state index is 13.3. The van der Waals surface area contributed by atoms with Crippen LogP contribution in [0.3, 0.4) is 0 Å². The van der Waals surface area contributed by atoms with E-state index in [1.807, 2.05) is 24.3 Å². The molecule has 0 spiro atoms. The maximum atomic E-state index is 13.3. The molecule has 0 aliphatic carbocycles. The zero-order chi connectivity index (χ0) is 24.8. The van der Waals surface area contributed by atoms with Gasteiger partial charge in [-0.25, -0.2) is 9.18 Å². The fourth-order valence-electron chi connectivity index (χ4n) is 3.65. The van der Waals surface area contributed by atoms with Crippen molar-refractivity contribution in [2.24, 2.45) is 0 Å². The highest BCUT2D eigenvalue weighted by atomic mass is 19.1. The summed E-state index contributed by atoms with van der Waals surface area (Å²) >= 11 is 0. The monoisotopic (exact) mass is 474 g/mol. The van der Waals surface area contributed by atoms with Gasteiger partial charge < -0.3 is 19.8 Å². The summed E-state index contributed by atoms with van der Waals surface area (Å²) in [5.74, 6) is -1.59. The standard InChI is InChI=1S/C27H23FN2O5/c1-34-21-12-8-17(9-13-21)25(31)16-35-27(33)24(30-26(32)18-6-10-20(28)11-7-18)14-19-15-29-23-5-3-2-4-22(19)23/h2-13,15,24,29H,14,16H2,1H3,(H,30,32). The highest BCUT2D eigenvalue weighted by Crippen LogP contribution is 2.20. The van der Waals surface area contributed by atoms with E-state index in [0.717, 1.165) is 28.6 Å². The van der Waals surface area contributed by atoms with E-state index in [9.17, 15) is 18.8 Å². The van der Waals surface area contributed by atoms with Gasteiger partial charge in [-0.1, -0.05) is 18.2 Å². The second kappa shape index (κ2) is 10.6. The Hall–Kier alpha value is -4.46. The zero-order valence-electron chi connectivity index (χ0n) is 18.9. The first kappa shape index (κ1) is 23.7. The number of halogens is 1. The number of carbonyl (C=O) groups is 3. The molecule has 1 amide bonds. The number of aromatic amines is 1. The Bertz CT molecular complexity index is 1350. The van der Waals surface area contributed by atoms with Crippen LogP contribution in [0, 0.1) is 5.82 Å². The average Bonchev–Trinajstić information content (AvgIpc) is 3.29. The lowest BCUT2D eigenvalue weighted by Crippen LogP contribution is -2.43. The molecule has 0 saturated carbocycles. The molecule has 178 valence electrons. The number of H-pyrrole nitrogens is 1. The smallest absolute Gasteiger partial charge is 0.329 e. The van der Waals surface area contributed by atoms with Crippen molar-refractivity contribution in [3.8, 4) is 5.75 Å². The van der Waals surface area contributed by atoms with Crippen molar-refractivity contribution in [1.82, 2.24) is 10.3 Å². The number of aromatic nitrogens is 1. The summed E-state index contributed by atoms with van der Waals surface area (Å²) in [5.41, 5.74) is 2.23. The summed E-state index contributed by atoms with van der Waals surface area (Å²) in [6.45, 7) is -0.484. The minimum atomic E-state index is -1.07. The van der Waals surface area contributed by atoms with E-state index in [1.54, 1.807) is 30.5 Å². The Kier molecular flexibility index (Phi) is 7.21. The van der Waals surface area contributed by atoms with E-state index < -0.39 is 36.1 Å². The molecule has 0 fully saturated rings. The lowest BCUT2D eigenvalue weighted by molar-refractivity contribution is -0.144. The van der Waals surface area contributed by atoms with Crippen molar-refractivity contribution in [2.45, 2.75) is 12.5 Å². The fraction of sp³-hybridized carbons (Fsp3) is 0.148. The van der Waals surface area contributed by atoms with E-state index >= 15 is 0 Å². The van der Waals surface area contributed by atoms with Crippen molar-refractivity contribution in [2.75, 3.05) is 13.7 Å². The zero-order valence-corrected chi connectivity index (χ0v) is 18.9. The Morgan fingerprint density at radius 2 is 1.63 bits per heavy atom. The largest absolute Gasteiger partial charge is 0.497 e. The van der Waals surface area contributed by atoms with Crippen molar-refractivity contribution < 1.29 is 28.2 Å². The number of esters is 1. The normalized spacial score (nSPS) is 11.6. The van der Waals surface area contributed by atoms with Gasteiger partial charge in [0.2, 0.25) is 0 Å². The Morgan fingerprint density at radius 1 is 0.943 bits per heavy atom. The van der Waals surface area contributed by atoms with Crippen molar-refractivity contribution >= 4 is 28.6 Å². The molecule has 1 atom stereocenters. The molecular weight excluding hydrogens is 451 g/mol. The lowest BCUT2D eigenvalue weighted by Gasteiger charge is -2.17. The predicted molar refractivity (Wildman–Crippen MR) is 128 cm³/mol. The number of nitrogens with one attached hydrogen (secondary N) is 2. The first-order valence-corrected chi connectivity index (χ1v) is 10.9. The molecule has 4 aromatic rings. The highest BCUT2D eigenvalue weighted by Gasteiger charge is 2.25. The Morgan fingerprint density at radius 3 is 2.34 bits per heavy atom. The van der Waals surface area contributed by atoms with Gasteiger partial charge in [0, 0.05) is 34.6 Å². The number of para-hydroxylation sites is 1. The van der Waals surface area contributed by atoms with Gasteiger partial charge in [-0.15, -0.1) is 0 Å². The van der Waals surface area contributed by atoms with Crippen LogP contribution in [0.2, 0.25) is 0 Å². The van der Waals surface area contributed by atoms with Crippen LogP contribution < -0.4 is 10.1 Å². The van der Waals surface area contributed by atoms with Crippen LogP contribution in [0.5, 0.6) is 5.75 Å². The molecule has 1 heterocycles. The second-order valence-electron chi connectivity index (χ2n) is 7.86. The molecule has 2 N–H and O–H groups in total. The first-order chi connectivity index (χ1) is 16.9. The number of methoxy groups -OCH3 is 1. The number of hydrogen-bond acceptors (Lipinski definition) is 5. The molecular formula is C27H23FN2O5. The molecule has 8 heteroatoms. The molecule has 4 rings (SSSR count). The number of ether oxygens (including phenoxy) is 2. The maximum Gasteiger partial charge on any atom is 0.329 e. The van der Waals surface area contributed by atoms with Crippen LogP contribution in [-0.2, 0) is 16.0 Å². The third-order valence-corrected chi connectivity index (χ3v) is 5.55. The van der Waals surface area contributed by atoms with Gasteiger partial charge in [-0.2, -0.15) is 0 Å². The number of benzene rings is 3. The number of hydrogen-bond donors (Lipinski definition) is 2. The van der Waals surface area contributed by atoms with Gasteiger partial charge in [0.1, 0.15) is 17.6 Å². The van der Waals surface area contributed by atoms with Gasteiger partial charge in [0.05, 0.1) is 7.11 Å². The number of amides is 1. The van der Waals surface area contributed by atoms with Gasteiger partial charge >= 0.3 is 5.97 Å². The number of Topliss-reactive ketones (excluding diaryl/α,β-unsaturated/α-hetero) is 1. The van der Waals surface area contributed by atoms with E-state index in [0.29, 0.717) is 11.3 Å². The summed E-state index contributed by atoms with van der Waals surface area (Å²) < 4.78 is 23.6. The van der Waals surface area contributed by atoms with Crippen LogP contribution >= 0.6 is 0 Å². The summed E-state index contributed by atoms with van der Waals surface area (Å²) in [7, 11) is 1.52. The Balaban J connectivity index is 1.50. The van der Waals surface area contributed by atoms with Crippen LogP contribution in [0.1, 0.15) is 26.3 Å². The molecule has 0 aliphatic heterocycles. The van der Waals surface area contributed by atoms with Crippen LogP contribution in [-0.4, -0.2) is 42.4 Å². The highest BCUT2D eigenvalue weighted by molar-refractivity contribution is 5.99. The van der Waals surface area contributed by atoms with E-state index in [4.69, 9.17) is 9.47 Å². The minimum Gasteiger partial charge on any atom is -0.497 e. The quantitative estimate of drug-likeness (QED) is 0.281. The van der Waals surface area contributed by atoms with E-state index in [1.165, 1.54) is 19.2 Å². The molecule has 35 heavy (non-hydrogen) atoms. The SMILES string of the molecule is COc1ccc(C(=O)COC(=O)C(Cc2c[nH]c3ccccc23)NC(=O)c2ccc(F)cc2)cc1. The third-order valence-electron chi connectivity index (χ3n) is 5.55. The van der Waals surface area contributed by atoms with Crippen LogP contribution in [0.4, 0.5) is 4.39 Å². The molecule has 0 bridgehead atoms. The van der Waals surface area contributed by atoms with E-state index in [2.05, 4.69) is 10.3 Å². The van der Waals surface area contributed by atoms with Gasteiger partial charge in [-0.05, 0) is 60.2 Å². The van der Waals surface area contributed by atoms with Crippen molar-refractivity contribution in [3.05, 3.63) is 102 Å². The average molecular weight is 474 g/mol. The lowest BCUT2D eigenvalue weighted by atomic mass is 10.0. The molecule has 1 aromatic heterocycles. The fourth-order valence-corrected chi connectivity index (χ4v) is 3.65. The van der Waals surface area contributed by atoms with E-state index in [-0.39, 0.29) is 12.0 Å². The Labute approximate surface area is 200 Å². The summed E-state index contributed by atoms with van der Waals surface area (Å²) in [6.07, 6.45) is 1.89. The summed E-state index contributed by atoms with van der Waals surface area (Å²) in [5, 5.41) is 3.56. The predicted octanol–water partition coefficient (Wildman–Crippen LogP) is 4.08. The third kappa shape index (κ3) is 5.73. The summed E-state index contributed by atoms with van der Waals surface area (Å²) in [4.78, 5) is 41.4. The van der Waals surface area contributed by atoms with Crippen LogP contribution in [0.25, 0.3) is 10.9 Å². The van der Waals surface area contributed by atoms with Gasteiger partial charge in [0.25, 0.3) is 5.91 Å². The molecule has 1 unspecified atom stereocenters. The molecule has 3 aromatic carbocycles. The number of carbonyl (C=O) groups excluding carboxylic acids is 3. The number of fused-ring (bicyclic) bond motifs is 1. The number of rotatable bonds is 9. The topological polar surface area (TPSA) is 97.5 Å². The molecule has 0 saturated heterocycles. The van der Waals surface area contributed by atoms with Gasteiger partial charge in [0.15, 0.2) is 12.4 Å². The van der Waals surface area contributed by atoms with Crippen LogP contribution in [0.15, 0.2) is 79.0 Å². The van der Waals surface area contributed by atoms with Crippen molar-refractivity contribution in [3.63, 3.8) is 0 Å². The second-order valence-corrected chi connectivity index (χ2v) is 7.86. The molecule has 7 nitrogen and oxygen atoms in total. The van der Waals surface area contributed by atoms with Gasteiger partial charge in [-0.3, -0.25) is 9.59 Å². The first-order valence-electron chi connectivity index (χ1n) is 10.9. The summed E-state index contributed by atoms with van der Waals surface area (Å²) in [6, 6.07) is 17.9. The minimum absolute atomic E-state index is 0.131. The molecule has 0 radical (unpaired) electrons. The van der Waals surface area contributed by atoms with Crippen molar-refractivity contribution in [1.29, 1.82) is 0 Å².